The Morgan fingerprint density at radius 1 is 0.933 bits per heavy atom. The van der Waals surface area contributed by atoms with Crippen LogP contribution in [0.25, 0.3) is 0 Å². The normalized spacial score (nSPS) is 16.7. The van der Waals surface area contributed by atoms with E-state index in [2.05, 4.69) is 5.32 Å². The number of fused-ring (bicyclic) bond motifs is 1. The molecule has 0 fully saturated rings. The van der Waals surface area contributed by atoms with Crippen LogP contribution in [0, 0.1) is 0 Å². The van der Waals surface area contributed by atoms with E-state index in [1.54, 1.807) is 33.0 Å². The van der Waals surface area contributed by atoms with Crippen LogP contribution in [-0.4, -0.2) is 51.0 Å². The second-order valence-electron chi connectivity index (χ2n) is 11.5. The Morgan fingerprint density at radius 2 is 1.56 bits per heavy atom. The topological polar surface area (TPSA) is 122 Å². The molecule has 3 aromatic rings. The van der Waals surface area contributed by atoms with Crippen LogP contribution in [0.4, 0.5) is 18.9 Å². The minimum absolute atomic E-state index is 0.00405. The van der Waals surface area contributed by atoms with Crippen LogP contribution in [0.15, 0.2) is 65.6 Å². The lowest BCUT2D eigenvalue weighted by atomic mass is 9.76. The molecule has 1 atom stereocenters. The summed E-state index contributed by atoms with van der Waals surface area (Å²) >= 11 is 6.52. The molecule has 0 radical (unpaired) electrons. The van der Waals surface area contributed by atoms with Gasteiger partial charge in [-0.2, -0.15) is 13.2 Å². The molecule has 3 aromatic carbocycles. The summed E-state index contributed by atoms with van der Waals surface area (Å²) in [5.41, 5.74) is -2.21. The van der Waals surface area contributed by atoms with Gasteiger partial charge in [-0.25, -0.2) is 12.7 Å². The molecule has 1 heterocycles. The smallest absolute Gasteiger partial charge is 0.405 e. The third kappa shape index (κ3) is 6.79. The van der Waals surface area contributed by atoms with Gasteiger partial charge in [-0.05, 0) is 101 Å². The lowest BCUT2D eigenvalue weighted by molar-refractivity contribution is -0.123. The van der Waals surface area contributed by atoms with E-state index in [0.29, 0.717) is 10.1 Å². The van der Waals surface area contributed by atoms with Crippen LogP contribution in [0.5, 0.6) is 5.75 Å². The summed E-state index contributed by atoms with van der Waals surface area (Å²) in [6.07, 6.45) is -4.66. The predicted octanol–water partition coefficient (Wildman–Crippen LogP) is 5.60. The van der Waals surface area contributed by atoms with E-state index in [-0.39, 0.29) is 44.5 Å². The molecule has 0 aliphatic carbocycles. The molecule has 3 amide bonds. The fraction of sp³-hybridized carbons (Fsp3) is 0.323. The van der Waals surface area contributed by atoms with Crippen molar-refractivity contribution < 1.29 is 40.7 Å². The van der Waals surface area contributed by atoms with E-state index in [1.165, 1.54) is 67.6 Å². The fourth-order valence-electron chi connectivity index (χ4n) is 4.90. The fourth-order valence-corrected chi connectivity index (χ4v) is 6.72. The quantitative estimate of drug-likeness (QED) is 0.323. The Labute approximate surface area is 263 Å². The van der Waals surface area contributed by atoms with E-state index < -0.39 is 51.4 Å². The number of ether oxygens (including phenoxy) is 1. The summed E-state index contributed by atoms with van der Waals surface area (Å²) in [4.78, 5) is 39.2. The van der Waals surface area contributed by atoms with Crippen molar-refractivity contribution in [2.24, 2.45) is 0 Å². The number of sulfonamides is 1. The van der Waals surface area contributed by atoms with Gasteiger partial charge in [0.2, 0.25) is 0 Å². The summed E-state index contributed by atoms with van der Waals surface area (Å²) in [5.74, 6) is -2.11. The van der Waals surface area contributed by atoms with Gasteiger partial charge in [-0.15, -0.1) is 0 Å². The lowest BCUT2D eigenvalue weighted by Crippen LogP contribution is -2.42. The molecule has 45 heavy (non-hydrogen) atoms. The monoisotopic (exact) mass is 665 g/mol. The van der Waals surface area contributed by atoms with E-state index in [9.17, 15) is 36.0 Å². The molecule has 0 spiro atoms. The van der Waals surface area contributed by atoms with Gasteiger partial charge < -0.3 is 15.4 Å². The van der Waals surface area contributed by atoms with Crippen molar-refractivity contribution in [1.29, 1.82) is 0 Å². The predicted molar refractivity (Wildman–Crippen MR) is 162 cm³/mol. The molecule has 1 aliphatic rings. The van der Waals surface area contributed by atoms with Gasteiger partial charge in [-0.1, -0.05) is 11.6 Å². The number of amides is 3. The van der Waals surface area contributed by atoms with Crippen molar-refractivity contribution in [2.45, 2.75) is 56.6 Å². The Bertz CT molecular complexity index is 1770. The van der Waals surface area contributed by atoms with E-state index in [4.69, 9.17) is 16.3 Å². The second kappa shape index (κ2) is 12.0. The number of hydrogen-bond donors (Lipinski definition) is 2. The molecule has 0 bridgehead atoms. The minimum atomic E-state index is -4.66. The van der Waals surface area contributed by atoms with Gasteiger partial charge in [-0.3, -0.25) is 14.4 Å². The number of halogens is 4. The number of hydrogen-bond acceptors (Lipinski definition) is 6. The van der Waals surface area contributed by atoms with Crippen molar-refractivity contribution in [3.8, 4) is 5.75 Å². The molecule has 0 aromatic heterocycles. The standard InChI is InChI=1S/C31H31ClF3N3O6S/c1-6-44-20-10-14-25-23(16-20)30(5,22-15-19(9-13-24(22)32)26(39)36-17-31(33,34)35)28(41)38(25)45(42,43)21-11-7-18(8-12-21)27(40)37-29(2,3)4/h7-16H,6,17H2,1-5H3,(H,36,39)(H,37,40). The molecular formula is C31H31ClF3N3O6S. The summed E-state index contributed by atoms with van der Waals surface area (Å²) in [6.45, 7) is 7.22. The first-order valence-corrected chi connectivity index (χ1v) is 15.6. The number of anilines is 1. The maximum absolute atomic E-state index is 14.3. The van der Waals surface area contributed by atoms with Gasteiger partial charge >= 0.3 is 6.18 Å². The van der Waals surface area contributed by atoms with Crippen LogP contribution in [-0.2, 0) is 20.2 Å². The number of carbonyl (C=O) groups excluding carboxylic acids is 3. The molecule has 4 rings (SSSR count). The van der Waals surface area contributed by atoms with Crippen LogP contribution in [0.2, 0.25) is 5.02 Å². The van der Waals surface area contributed by atoms with Crippen molar-refractivity contribution in [3.05, 3.63) is 87.9 Å². The highest BCUT2D eigenvalue weighted by molar-refractivity contribution is 7.93. The molecule has 9 nitrogen and oxygen atoms in total. The van der Waals surface area contributed by atoms with Crippen LogP contribution in [0.1, 0.15) is 66.5 Å². The summed E-state index contributed by atoms with van der Waals surface area (Å²) in [7, 11) is -4.58. The third-order valence-corrected chi connectivity index (χ3v) is 9.05. The summed E-state index contributed by atoms with van der Waals surface area (Å²) in [6, 6.07) is 13.1. The summed E-state index contributed by atoms with van der Waals surface area (Å²) < 4.78 is 72.6. The average Bonchev–Trinajstić information content (AvgIpc) is 3.18. The van der Waals surface area contributed by atoms with Crippen molar-refractivity contribution in [2.75, 3.05) is 17.5 Å². The maximum Gasteiger partial charge on any atom is 0.405 e. The minimum Gasteiger partial charge on any atom is -0.494 e. The first-order chi connectivity index (χ1) is 20.8. The number of nitrogens with zero attached hydrogens (tertiary/aromatic N) is 1. The molecule has 1 aliphatic heterocycles. The third-order valence-electron chi connectivity index (χ3n) is 7.01. The van der Waals surface area contributed by atoms with Gasteiger partial charge in [0.25, 0.3) is 27.7 Å². The van der Waals surface area contributed by atoms with E-state index in [0.717, 1.165) is 0 Å². The number of benzene rings is 3. The van der Waals surface area contributed by atoms with E-state index >= 15 is 0 Å². The van der Waals surface area contributed by atoms with Crippen LogP contribution < -0.4 is 19.7 Å². The van der Waals surface area contributed by atoms with Gasteiger partial charge in [0.05, 0.1) is 17.2 Å². The number of alkyl halides is 3. The van der Waals surface area contributed by atoms with Crippen LogP contribution in [0.3, 0.4) is 0 Å². The zero-order valence-electron chi connectivity index (χ0n) is 25.0. The Kier molecular flexibility index (Phi) is 9.02. The summed E-state index contributed by atoms with van der Waals surface area (Å²) in [5, 5.41) is 4.53. The van der Waals surface area contributed by atoms with Crippen molar-refractivity contribution in [1.82, 2.24) is 10.6 Å². The van der Waals surface area contributed by atoms with Crippen molar-refractivity contribution >= 4 is 45.0 Å². The molecule has 2 N–H and O–H groups in total. The van der Waals surface area contributed by atoms with Gasteiger partial charge in [0.1, 0.15) is 17.7 Å². The molecule has 14 heteroatoms. The Hall–Kier alpha value is -4.10. The Balaban J connectivity index is 1.82. The lowest BCUT2D eigenvalue weighted by Gasteiger charge is -2.26. The van der Waals surface area contributed by atoms with Crippen molar-refractivity contribution in [3.63, 3.8) is 0 Å². The van der Waals surface area contributed by atoms with Crippen LogP contribution >= 0.6 is 11.6 Å². The van der Waals surface area contributed by atoms with Gasteiger partial charge in [0.15, 0.2) is 0 Å². The van der Waals surface area contributed by atoms with Gasteiger partial charge in [0, 0.05) is 27.3 Å². The number of rotatable bonds is 8. The SMILES string of the molecule is CCOc1ccc2c(c1)C(C)(c1cc(C(=O)NCC(F)(F)F)ccc1Cl)C(=O)N2S(=O)(=O)c1ccc(C(=O)NC(C)(C)C)cc1. The highest BCUT2D eigenvalue weighted by Crippen LogP contribution is 2.51. The largest absolute Gasteiger partial charge is 0.494 e. The zero-order valence-corrected chi connectivity index (χ0v) is 26.6. The highest BCUT2D eigenvalue weighted by Gasteiger charge is 2.54. The highest BCUT2D eigenvalue weighted by atomic mass is 35.5. The first-order valence-electron chi connectivity index (χ1n) is 13.7. The molecular weight excluding hydrogens is 635 g/mol. The number of carbonyl (C=O) groups is 3. The average molecular weight is 666 g/mol. The first kappa shape index (κ1) is 33.8. The second-order valence-corrected chi connectivity index (χ2v) is 13.7. The zero-order chi connectivity index (χ0) is 33.5. The molecule has 0 saturated heterocycles. The Morgan fingerprint density at radius 3 is 2.13 bits per heavy atom. The number of nitrogens with one attached hydrogen (secondary N) is 2. The van der Waals surface area contributed by atoms with E-state index in [1.807, 2.05) is 0 Å². The maximum atomic E-state index is 14.3. The molecule has 1 unspecified atom stereocenters. The molecule has 240 valence electrons. The molecule has 0 saturated carbocycles.